The molecule has 26 heavy (non-hydrogen) atoms. The quantitative estimate of drug-likeness (QED) is 0.715. The van der Waals surface area contributed by atoms with Gasteiger partial charge in [-0.05, 0) is 24.5 Å². The standard InChI is InChI=1S/C19H28N2O3S2/c1-4-7-21-17(12-15(2)3)14-24-18-13-16(20-8-10-25-11-9-20)5-6-19(18)26(21,22)23/h4-6,13,15,17H,1,7-12,14H2,2-3H3/t17-/m1/s1. The molecular weight excluding hydrogens is 368 g/mol. The van der Waals surface area contributed by atoms with Crippen LogP contribution in [0.4, 0.5) is 5.69 Å². The van der Waals surface area contributed by atoms with Crippen molar-refractivity contribution in [3.05, 3.63) is 30.9 Å². The Morgan fingerprint density at radius 3 is 2.73 bits per heavy atom. The summed E-state index contributed by atoms with van der Waals surface area (Å²) in [5.74, 6) is 3.05. The van der Waals surface area contributed by atoms with Crippen molar-refractivity contribution in [3.8, 4) is 5.75 Å². The smallest absolute Gasteiger partial charge is 0.247 e. The van der Waals surface area contributed by atoms with E-state index < -0.39 is 10.0 Å². The van der Waals surface area contributed by atoms with Gasteiger partial charge in [-0.1, -0.05) is 19.9 Å². The van der Waals surface area contributed by atoms with E-state index in [1.807, 2.05) is 23.9 Å². The van der Waals surface area contributed by atoms with Gasteiger partial charge in [0.15, 0.2) is 0 Å². The van der Waals surface area contributed by atoms with E-state index in [4.69, 9.17) is 4.74 Å². The lowest BCUT2D eigenvalue weighted by atomic mass is 10.0. The number of hydrogen-bond donors (Lipinski definition) is 0. The topological polar surface area (TPSA) is 49.9 Å². The Morgan fingerprint density at radius 1 is 1.35 bits per heavy atom. The first-order valence-electron chi connectivity index (χ1n) is 9.15. The molecule has 0 aliphatic carbocycles. The van der Waals surface area contributed by atoms with E-state index in [2.05, 4.69) is 25.3 Å². The second-order valence-electron chi connectivity index (χ2n) is 7.19. The summed E-state index contributed by atoms with van der Waals surface area (Å²) in [5, 5.41) is 0. The molecule has 0 N–H and O–H groups in total. The van der Waals surface area contributed by atoms with Gasteiger partial charge in [0.1, 0.15) is 17.3 Å². The first-order valence-corrected chi connectivity index (χ1v) is 11.7. The number of ether oxygens (including phenoxy) is 1. The Hall–Kier alpha value is -1.18. The van der Waals surface area contributed by atoms with Crippen LogP contribution < -0.4 is 9.64 Å². The number of anilines is 1. The molecule has 0 saturated carbocycles. The minimum absolute atomic E-state index is 0.180. The Morgan fingerprint density at radius 2 is 2.08 bits per heavy atom. The summed E-state index contributed by atoms with van der Waals surface area (Å²) < 4.78 is 34.1. The normalized spacial score (nSPS) is 23.2. The average Bonchev–Trinajstić information content (AvgIpc) is 2.72. The van der Waals surface area contributed by atoms with E-state index >= 15 is 0 Å². The average molecular weight is 397 g/mol. The van der Waals surface area contributed by atoms with Crippen molar-refractivity contribution < 1.29 is 13.2 Å². The lowest BCUT2D eigenvalue weighted by Gasteiger charge is -2.29. The molecule has 0 unspecified atom stereocenters. The molecule has 1 aromatic carbocycles. The van der Waals surface area contributed by atoms with Crippen molar-refractivity contribution in [1.29, 1.82) is 0 Å². The molecule has 1 saturated heterocycles. The zero-order chi connectivity index (χ0) is 18.7. The van der Waals surface area contributed by atoms with Crippen LogP contribution in [0.1, 0.15) is 20.3 Å². The van der Waals surface area contributed by atoms with E-state index in [-0.39, 0.29) is 10.9 Å². The molecular formula is C19H28N2O3S2. The molecule has 2 aliphatic heterocycles. The summed E-state index contributed by atoms with van der Waals surface area (Å²) in [6, 6.07) is 5.33. The highest BCUT2D eigenvalue weighted by Crippen LogP contribution is 2.36. The van der Waals surface area contributed by atoms with Gasteiger partial charge in [0.05, 0.1) is 6.04 Å². The third kappa shape index (κ3) is 4.05. The van der Waals surface area contributed by atoms with E-state index in [9.17, 15) is 8.42 Å². The maximum absolute atomic E-state index is 13.3. The Balaban J connectivity index is 1.97. The molecule has 0 spiro atoms. The highest BCUT2D eigenvalue weighted by Gasteiger charge is 2.37. The van der Waals surface area contributed by atoms with Gasteiger partial charge in [0.25, 0.3) is 0 Å². The maximum atomic E-state index is 13.3. The van der Waals surface area contributed by atoms with Crippen molar-refractivity contribution >= 4 is 27.5 Å². The molecule has 2 heterocycles. The minimum Gasteiger partial charge on any atom is -0.490 e. The summed E-state index contributed by atoms with van der Waals surface area (Å²) in [6.07, 6.45) is 2.41. The van der Waals surface area contributed by atoms with Crippen LogP contribution in [0.25, 0.3) is 0 Å². The monoisotopic (exact) mass is 396 g/mol. The van der Waals surface area contributed by atoms with Crippen LogP contribution in [0.2, 0.25) is 0 Å². The van der Waals surface area contributed by atoms with Crippen LogP contribution in [0, 0.1) is 5.92 Å². The molecule has 7 heteroatoms. The largest absolute Gasteiger partial charge is 0.490 e. The third-order valence-corrected chi connectivity index (χ3v) is 7.68. The van der Waals surface area contributed by atoms with Gasteiger partial charge >= 0.3 is 0 Å². The first kappa shape index (κ1) is 19.6. The third-order valence-electron chi connectivity index (χ3n) is 4.78. The summed E-state index contributed by atoms with van der Waals surface area (Å²) in [6.45, 7) is 10.6. The van der Waals surface area contributed by atoms with Crippen LogP contribution in [0.15, 0.2) is 35.7 Å². The maximum Gasteiger partial charge on any atom is 0.247 e. The molecule has 1 atom stereocenters. The number of benzene rings is 1. The van der Waals surface area contributed by atoms with Crippen LogP contribution >= 0.6 is 11.8 Å². The Kier molecular flexibility index (Phi) is 6.20. The van der Waals surface area contributed by atoms with Gasteiger partial charge < -0.3 is 9.64 Å². The molecule has 3 rings (SSSR count). The molecule has 1 fully saturated rings. The van der Waals surface area contributed by atoms with Crippen LogP contribution in [-0.2, 0) is 10.0 Å². The molecule has 0 bridgehead atoms. The van der Waals surface area contributed by atoms with E-state index in [0.29, 0.717) is 24.8 Å². The van der Waals surface area contributed by atoms with Crippen molar-refractivity contribution in [3.63, 3.8) is 0 Å². The minimum atomic E-state index is -3.61. The molecule has 5 nitrogen and oxygen atoms in total. The van der Waals surface area contributed by atoms with E-state index in [0.717, 1.165) is 36.7 Å². The summed E-state index contributed by atoms with van der Waals surface area (Å²) >= 11 is 1.95. The van der Waals surface area contributed by atoms with Crippen molar-refractivity contribution in [1.82, 2.24) is 4.31 Å². The molecule has 0 amide bonds. The van der Waals surface area contributed by atoms with Gasteiger partial charge in [-0.15, -0.1) is 6.58 Å². The zero-order valence-electron chi connectivity index (χ0n) is 15.6. The fourth-order valence-corrected chi connectivity index (χ4v) is 6.15. The lowest BCUT2D eigenvalue weighted by Crippen LogP contribution is -2.42. The summed E-state index contributed by atoms with van der Waals surface area (Å²) in [4.78, 5) is 2.56. The number of thioether (sulfide) groups is 1. The summed E-state index contributed by atoms with van der Waals surface area (Å²) in [5.41, 5.74) is 1.04. The van der Waals surface area contributed by atoms with Gasteiger partial charge in [0, 0.05) is 42.9 Å². The highest BCUT2D eigenvalue weighted by atomic mass is 32.2. The van der Waals surface area contributed by atoms with Crippen LogP contribution in [0.5, 0.6) is 5.75 Å². The van der Waals surface area contributed by atoms with Gasteiger partial charge in [-0.25, -0.2) is 8.42 Å². The Labute approximate surface area is 161 Å². The van der Waals surface area contributed by atoms with E-state index in [1.54, 1.807) is 16.4 Å². The van der Waals surface area contributed by atoms with E-state index in [1.165, 1.54) is 0 Å². The molecule has 1 aromatic rings. The number of sulfonamides is 1. The highest BCUT2D eigenvalue weighted by molar-refractivity contribution is 7.99. The SMILES string of the molecule is C=CCN1[C@H](CC(C)C)COc2cc(N3CCSCC3)ccc2S1(=O)=O. The van der Waals surface area contributed by atoms with Gasteiger partial charge in [-0.3, -0.25) is 0 Å². The number of hydrogen-bond acceptors (Lipinski definition) is 5. The predicted octanol–water partition coefficient (Wildman–Crippen LogP) is 3.22. The first-order chi connectivity index (χ1) is 12.4. The lowest BCUT2D eigenvalue weighted by molar-refractivity contribution is 0.198. The fraction of sp³-hybridized carbons (Fsp3) is 0.579. The second kappa shape index (κ2) is 8.23. The molecule has 2 aliphatic rings. The molecule has 144 valence electrons. The van der Waals surface area contributed by atoms with Crippen LogP contribution in [0.3, 0.4) is 0 Å². The van der Waals surface area contributed by atoms with Gasteiger partial charge in [0.2, 0.25) is 10.0 Å². The van der Waals surface area contributed by atoms with Crippen LogP contribution in [-0.4, -0.2) is 56.5 Å². The predicted molar refractivity (Wildman–Crippen MR) is 109 cm³/mol. The summed E-state index contributed by atoms with van der Waals surface area (Å²) in [7, 11) is -3.61. The van der Waals surface area contributed by atoms with Crippen molar-refractivity contribution in [2.45, 2.75) is 31.2 Å². The Bertz CT molecular complexity index is 743. The zero-order valence-corrected chi connectivity index (χ0v) is 17.2. The van der Waals surface area contributed by atoms with Crippen molar-refractivity contribution in [2.24, 2.45) is 5.92 Å². The second-order valence-corrected chi connectivity index (χ2v) is 10.3. The van der Waals surface area contributed by atoms with Crippen molar-refractivity contribution in [2.75, 3.05) is 42.6 Å². The number of nitrogens with zero attached hydrogens (tertiary/aromatic N) is 2. The fourth-order valence-electron chi connectivity index (χ4n) is 3.54. The number of fused-ring (bicyclic) bond motifs is 1. The molecule has 0 aromatic heterocycles. The van der Waals surface area contributed by atoms with Gasteiger partial charge in [-0.2, -0.15) is 16.1 Å². The molecule has 0 radical (unpaired) electrons. The number of rotatable bonds is 5.